The van der Waals surface area contributed by atoms with Crippen LogP contribution in [-0.4, -0.2) is 33.1 Å². The summed E-state index contributed by atoms with van der Waals surface area (Å²) < 4.78 is 19.7. The molecule has 0 fully saturated rings. The van der Waals surface area contributed by atoms with Crippen LogP contribution in [0.25, 0.3) is 0 Å². The molecule has 0 saturated heterocycles. The number of halogens is 2. The van der Waals surface area contributed by atoms with Crippen molar-refractivity contribution in [3.05, 3.63) is 105 Å². The minimum absolute atomic E-state index is 0.149. The van der Waals surface area contributed by atoms with Gasteiger partial charge in [0.05, 0.1) is 22.2 Å². The monoisotopic (exact) mass is 638 g/mol. The highest BCUT2D eigenvalue weighted by Gasteiger charge is 2.36. The van der Waals surface area contributed by atoms with Crippen LogP contribution >= 0.6 is 35.0 Å². The van der Waals surface area contributed by atoms with Crippen LogP contribution in [-0.2, 0) is 22.7 Å². The Morgan fingerprint density at radius 3 is 2.51 bits per heavy atom. The Balaban J connectivity index is 1.49. The smallest absolute Gasteiger partial charge is 0.338 e. The van der Waals surface area contributed by atoms with Crippen LogP contribution in [0.1, 0.15) is 49.9 Å². The van der Waals surface area contributed by atoms with E-state index in [1.165, 1.54) is 0 Å². The van der Waals surface area contributed by atoms with Crippen molar-refractivity contribution in [3.8, 4) is 11.5 Å². The SMILES string of the molecule is CCCSc1nc2n(n1)C(c1ccc(OCc3ccc(Cl)c(Cl)c3)c(OCC)c1)C(C(=O)OCc1ccccc1)=C(C)N2. The number of hydrogen-bond acceptors (Lipinski definition) is 8. The van der Waals surface area contributed by atoms with Crippen molar-refractivity contribution in [1.29, 1.82) is 0 Å². The number of rotatable bonds is 12. The molecule has 3 aromatic carbocycles. The predicted molar refractivity (Wildman–Crippen MR) is 170 cm³/mol. The molecule has 5 rings (SSSR count). The Labute approximate surface area is 265 Å². The van der Waals surface area contributed by atoms with E-state index in [4.69, 9.17) is 47.5 Å². The van der Waals surface area contributed by atoms with Crippen molar-refractivity contribution in [1.82, 2.24) is 14.8 Å². The molecule has 0 aliphatic carbocycles. The first-order chi connectivity index (χ1) is 20.9. The van der Waals surface area contributed by atoms with Gasteiger partial charge in [-0.15, -0.1) is 5.10 Å². The third kappa shape index (κ3) is 7.29. The molecule has 0 spiro atoms. The van der Waals surface area contributed by atoms with Crippen LogP contribution in [0.5, 0.6) is 11.5 Å². The second-order valence-electron chi connectivity index (χ2n) is 9.82. The summed E-state index contributed by atoms with van der Waals surface area (Å²) in [7, 11) is 0. The fourth-order valence-electron chi connectivity index (χ4n) is 4.63. The molecule has 1 atom stereocenters. The molecular weight excluding hydrogens is 607 g/mol. The molecule has 0 saturated carbocycles. The van der Waals surface area contributed by atoms with Crippen LogP contribution in [0.4, 0.5) is 5.95 Å². The molecule has 1 aromatic heterocycles. The average molecular weight is 640 g/mol. The van der Waals surface area contributed by atoms with Gasteiger partial charge in [0.15, 0.2) is 11.5 Å². The van der Waals surface area contributed by atoms with Gasteiger partial charge in [0.25, 0.3) is 0 Å². The number of nitrogens with one attached hydrogen (secondary N) is 1. The fourth-order valence-corrected chi connectivity index (χ4v) is 5.64. The van der Waals surface area contributed by atoms with Crippen molar-refractivity contribution in [2.75, 3.05) is 17.7 Å². The summed E-state index contributed by atoms with van der Waals surface area (Å²) in [5.74, 6) is 2.08. The van der Waals surface area contributed by atoms with Crippen LogP contribution in [0, 0.1) is 0 Å². The maximum Gasteiger partial charge on any atom is 0.338 e. The molecule has 1 N–H and O–H groups in total. The van der Waals surface area contributed by atoms with E-state index in [0.29, 0.717) is 50.5 Å². The molecule has 2 heterocycles. The van der Waals surface area contributed by atoms with Gasteiger partial charge in [-0.3, -0.25) is 0 Å². The van der Waals surface area contributed by atoms with Gasteiger partial charge in [0, 0.05) is 11.4 Å². The summed E-state index contributed by atoms with van der Waals surface area (Å²) in [6.45, 7) is 6.70. The molecule has 0 radical (unpaired) electrons. The lowest BCUT2D eigenvalue weighted by atomic mass is 9.95. The summed E-state index contributed by atoms with van der Waals surface area (Å²) in [6.07, 6.45) is 0.987. The van der Waals surface area contributed by atoms with Gasteiger partial charge in [0.2, 0.25) is 11.1 Å². The first kappa shape index (κ1) is 30.8. The number of esters is 1. The zero-order chi connectivity index (χ0) is 30.3. The molecule has 0 amide bonds. The van der Waals surface area contributed by atoms with Gasteiger partial charge in [-0.1, -0.05) is 84.4 Å². The second kappa shape index (κ2) is 14.2. The third-order valence-electron chi connectivity index (χ3n) is 6.66. The lowest BCUT2D eigenvalue weighted by molar-refractivity contribution is -0.140. The number of benzene rings is 3. The largest absolute Gasteiger partial charge is 0.490 e. The molecule has 0 bridgehead atoms. The van der Waals surface area contributed by atoms with E-state index < -0.39 is 12.0 Å². The zero-order valence-electron chi connectivity index (χ0n) is 24.1. The highest BCUT2D eigenvalue weighted by Crippen LogP contribution is 2.40. The lowest BCUT2D eigenvalue weighted by Gasteiger charge is -2.28. The van der Waals surface area contributed by atoms with Gasteiger partial charge >= 0.3 is 5.97 Å². The van der Waals surface area contributed by atoms with Crippen molar-refractivity contribution < 1.29 is 19.0 Å². The molecule has 1 aliphatic rings. The van der Waals surface area contributed by atoms with Crippen LogP contribution in [0.2, 0.25) is 10.0 Å². The van der Waals surface area contributed by atoms with Gasteiger partial charge < -0.3 is 19.5 Å². The number of carbonyl (C=O) groups is 1. The van der Waals surface area contributed by atoms with E-state index in [-0.39, 0.29) is 13.2 Å². The fraction of sp³-hybridized carbons (Fsp3) is 0.281. The summed E-state index contributed by atoms with van der Waals surface area (Å²) in [5, 5.41) is 9.63. The van der Waals surface area contributed by atoms with Crippen LogP contribution in [0.3, 0.4) is 0 Å². The number of aromatic nitrogens is 3. The van der Waals surface area contributed by atoms with Gasteiger partial charge in [0.1, 0.15) is 19.3 Å². The van der Waals surface area contributed by atoms with E-state index in [1.54, 1.807) is 28.6 Å². The topological polar surface area (TPSA) is 87.5 Å². The molecule has 224 valence electrons. The van der Waals surface area contributed by atoms with E-state index in [0.717, 1.165) is 28.9 Å². The molecular formula is C32H32Cl2N4O4S. The minimum atomic E-state index is -0.605. The third-order valence-corrected chi connectivity index (χ3v) is 8.45. The lowest BCUT2D eigenvalue weighted by Crippen LogP contribution is -2.29. The zero-order valence-corrected chi connectivity index (χ0v) is 26.4. The van der Waals surface area contributed by atoms with Gasteiger partial charge in [-0.2, -0.15) is 4.98 Å². The van der Waals surface area contributed by atoms with Gasteiger partial charge in [-0.05, 0) is 61.2 Å². The number of allylic oxidation sites excluding steroid dienone is 1. The quantitative estimate of drug-likeness (QED) is 0.123. The first-order valence-corrected chi connectivity index (χ1v) is 15.7. The van der Waals surface area contributed by atoms with Crippen molar-refractivity contribution in [2.45, 2.75) is 51.6 Å². The van der Waals surface area contributed by atoms with E-state index in [2.05, 4.69) is 12.2 Å². The van der Waals surface area contributed by atoms with Crippen molar-refractivity contribution in [2.24, 2.45) is 0 Å². The number of anilines is 1. The Bertz CT molecular complexity index is 1630. The van der Waals surface area contributed by atoms with Crippen LogP contribution < -0.4 is 14.8 Å². The van der Waals surface area contributed by atoms with Gasteiger partial charge in [-0.25, -0.2) is 9.48 Å². The number of ether oxygens (including phenoxy) is 3. The second-order valence-corrected chi connectivity index (χ2v) is 11.7. The number of nitrogens with zero attached hydrogens (tertiary/aromatic N) is 3. The highest BCUT2D eigenvalue weighted by atomic mass is 35.5. The normalized spacial score (nSPS) is 14.2. The van der Waals surface area contributed by atoms with E-state index in [1.807, 2.05) is 68.4 Å². The Hall–Kier alpha value is -3.66. The van der Waals surface area contributed by atoms with E-state index >= 15 is 0 Å². The standard InChI is InChI=1S/C32H32Cl2N4O4S/c1-4-15-43-32-36-31-35-20(3)28(30(39)42-18-21-9-7-6-8-10-21)29(38(31)37-32)23-12-14-26(27(17-23)40-5-2)41-19-22-11-13-24(33)25(34)16-22/h6-14,16-17,29H,4-5,15,18-19H2,1-3H3,(H,35,36,37). The molecule has 1 unspecified atom stereocenters. The predicted octanol–water partition coefficient (Wildman–Crippen LogP) is 8.10. The maximum absolute atomic E-state index is 13.7. The number of carbonyl (C=O) groups excluding carboxylic acids is 1. The molecule has 43 heavy (non-hydrogen) atoms. The van der Waals surface area contributed by atoms with Crippen molar-refractivity contribution >= 4 is 46.9 Å². The summed E-state index contributed by atoms with van der Waals surface area (Å²) in [6, 6.07) is 20.0. The highest BCUT2D eigenvalue weighted by molar-refractivity contribution is 7.99. The number of thioether (sulfide) groups is 1. The summed E-state index contributed by atoms with van der Waals surface area (Å²) in [4.78, 5) is 18.4. The Kier molecular flexibility index (Phi) is 10.2. The Morgan fingerprint density at radius 2 is 1.77 bits per heavy atom. The molecule has 8 nitrogen and oxygen atoms in total. The average Bonchev–Trinajstić information content (AvgIpc) is 3.42. The van der Waals surface area contributed by atoms with Crippen LogP contribution in [0.15, 0.2) is 83.2 Å². The van der Waals surface area contributed by atoms with E-state index in [9.17, 15) is 4.79 Å². The summed E-state index contributed by atoms with van der Waals surface area (Å²) in [5.41, 5.74) is 3.62. The Morgan fingerprint density at radius 1 is 0.953 bits per heavy atom. The maximum atomic E-state index is 13.7. The first-order valence-electron chi connectivity index (χ1n) is 14.0. The molecule has 11 heteroatoms. The molecule has 4 aromatic rings. The van der Waals surface area contributed by atoms with Crippen molar-refractivity contribution in [3.63, 3.8) is 0 Å². The number of hydrogen-bond donors (Lipinski definition) is 1. The number of fused-ring (bicyclic) bond motifs is 1. The molecule has 1 aliphatic heterocycles. The summed E-state index contributed by atoms with van der Waals surface area (Å²) >= 11 is 13.8. The minimum Gasteiger partial charge on any atom is -0.490 e.